The lowest BCUT2D eigenvalue weighted by atomic mass is 9.75. The molecule has 0 amide bonds. The molecule has 1 fully saturated rings. The summed E-state index contributed by atoms with van der Waals surface area (Å²) in [4.78, 5) is 11.5. The van der Waals surface area contributed by atoms with Gasteiger partial charge in [0.05, 0.1) is 11.2 Å². The highest BCUT2D eigenvalue weighted by molar-refractivity contribution is 6.62. The van der Waals surface area contributed by atoms with E-state index >= 15 is 0 Å². The fourth-order valence-corrected chi connectivity index (χ4v) is 1.59. The van der Waals surface area contributed by atoms with Gasteiger partial charge < -0.3 is 15.0 Å². The Hall–Kier alpha value is -0.805. The van der Waals surface area contributed by atoms with Gasteiger partial charge in [-0.25, -0.2) is 0 Å². The fourth-order valence-electron chi connectivity index (χ4n) is 1.59. The number of ketones is 1. The highest BCUT2D eigenvalue weighted by Gasteiger charge is 2.53. The third kappa shape index (κ3) is 2.15. The Labute approximate surface area is 97.3 Å². The summed E-state index contributed by atoms with van der Waals surface area (Å²) in [6.45, 7) is 10.9. The van der Waals surface area contributed by atoms with Gasteiger partial charge in [0.25, 0.3) is 0 Å². The zero-order valence-corrected chi connectivity index (χ0v) is 10.9. The van der Waals surface area contributed by atoms with Gasteiger partial charge >= 0.3 is 7.12 Å². The molecule has 0 aromatic carbocycles. The molecule has 1 aliphatic rings. The van der Waals surface area contributed by atoms with Crippen LogP contribution in [-0.2, 0) is 14.1 Å². The van der Waals surface area contributed by atoms with E-state index in [4.69, 9.17) is 15.0 Å². The first-order valence-corrected chi connectivity index (χ1v) is 5.41. The molecule has 0 aromatic rings. The Morgan fingerprint density at radius 3 is 1.69 bits per heavy atom. The molecular weight excluding hydrogens is 205 g/mol. The van der Waals surface area contributed by atoms with Gasteiger partial charge in [0, 0.05) is 11.2 Å². The zero-order chi connectivity index (χ0) is 12.7. The minimum absolute atomic E-state index is 0.112. The molecule has 1 rings (SSSR count). The second kappa shape index (κ2) is 3.89. The van der Waals surface area contributed by atoms with Crippen LogP contribution in [-0.4, -0.2) is 24.1 Å². The number of nitrogens with two attached hydrogens (primary N) is 1. The Morgan fingerprint density at radius 2 is 1.44 bits per heavy atom. The molecule has 0 saturated carbocycles. The van der Waals surface area contributed by atoms with Gasteiger partial charge in [-0.05, 0) is 41.5 Å². The van der Waals surface area contributed by atoms with Crippen LogP contribution < -0.4 is 5.73 Å². The van der Waals surface area contributed by atoms with E-state index in [0.29, 0.717) is 11.2 Å². The number of rotatable bonds is 2. The summed E-state index contributed by atoms with van der Waals surface area (Å²) in [5.41, 5.74) is 5.66. The van der Waals surface area contributed by atoms with Crippen LogP contribution in [0, 0.1) is 0 Å². The van der Waals surface area contributed by atoms with Crippen molar-refractivity contribution in [2.24, 2.45) is 5.73 Å². The van der Waals surface area contributed by atoms with Crippen LogP contribution in [0.1, 0.15) is 41.5 Å². The van der Waals surface area contributed by atoms with Crippen molar-refractivity contribution in [3.05, 3.63) is 11.2 Å². The quantitative estimate of drug-likeness (QED) is 0.570. The molecule has 5 heteroatoms. The molecule has 1 heterocycles. The van der Waals surface area contributed by atoms with Crippen molar-refractivity contribution < 1.29 is 14.1 Å². The SMILES string of the molecule is CC(=O)C(B1OC(C)(C)C(C)(C)O1)=C(C)N. The molecule has 1 aliphatic heterocycles. The topological polar surface area (TPSA) is 61.5 Å². The standard InChI is InChI=1S/C11H20BNO3/c1-7(13)9(8(2)14)12-15-10(3,4)11(5,6)16-12/h13H2,1-6H3. The lowest BCUT2D eigenvalue weighted by Gasteiger charge is -2.32. The van der Waals surface area contributed by atoms with Gasteiger partial charge in [-0.15, -0.1) is 0 Å². The van der Waals surface area contributed by atoms with E-state index < -0.39 is 18.3 Å². The van der Waals surface area contributed by atoms with Crippen molar-refractivity contribution in [3.63, 3.8) is 0 Å². The van der Waals surface area contributed by atoms with E-state index in [0.717, 1.165) is 0 Å². The summed E-state index contributed by atoms with van der Waals surface area (Å²) in [5, 5.41) is 0. The molecule has 0 radical (unpaired) electrons. The second-order valence-electron chi connectivity index (χ2n) is 5.24. The lowest BCUT2D eigenvalue weighted by Crippen LogP contribution is -2.41. The molecule has 0 aromatic heterocycles. The molecule has 4 nitrogen and oxygen atoms in total. The molecule has 0 spiro atoms. The number of carbonyl (C=O) groups excluding carboxylic acids is 1. The maximum atomic E-state index is 11.5. The number of allylic oxidation sites excluding steroid dienone is 2. The van der Waals surface area contributed by atoms with Crippen LogP contribution in [0.3, 0.4) is 0 Å². The number of carbonyl (C=O) groups is 1. The van der Waals surface area contributed by atoms with Crippen LogP contribution in [0.25, 0.3) is 0 Å². The molecule has 0 bridgehead atoms. The van der Waals surface area contributed by atoms with Crippen LogP contribution >= 0.6 is 0 Å². The maximum absolute atomic E-state index is 11.5. The van der Waals surface area contributed by atoms with Gasteiger partial charge in [-0.2, -0.15) is 0 Å². The van der Waals surface area contributed by atoms with Crippen LogP contribution in [0.5, 0.6) is 0 Å². The number of hydrogen-bond acceptors (Lipinski definition) is 4. The summed E-state index contributed by atoms with van der Waals surface area (Å²) < 4.78 is 11.5. The van der Waals surface area contributed by atoms with E-state index in [-0.39, 0.29) is 5.78 Å². The average Bonchev–Trinajstić information content (AvgIpc) is 2.17. The molecule has 0 atom stereocenters. The smallest absolute Gasteiger partial charge is 0.402 e. The zero-order valence-electron chi connectivity index (χ0n) is 10.9. The van der Waals surface area contributed by atoms with Crippen molar-refractivity contribution in [1.82, 2.24) is 0 Å². The summed E-state index contributed by atoms with van der Waals surface area (Å²) >= 11 is 0. The average molecular weight is 225 g/mol. The normalized spacial score (nSPS) is 24.2. The molecule has 1 saturated heterocycles. The molecular formula is C11H20BNO3. The summed E-state index contributed by atoms with van der Waals surface area (Å²) in [5.74, 6) is -0.112. The third-order valence-electron chi connectivity index (χ3n) is 3.29. The highest BCUT2D eigenvalue weighted by atomic mass is 16.7. The van der Waals surface area contributed by atoms with Crippen LogP contribution in [0.4, 0.5) is 0 Å². The Kier molecular flexibility index (Phi) is 3.23. The van der Waals surface area contributed by atoms with Crippen LogP contribution in [0.2, 0.25) is 0 Å². The first-order chi connectivity index (χ1) is 7.08. The minimum Gasteiger partial charge on any atom is -0.402 e. The van der Waals surface area contributed by atoms with Gasteiger partial charge in [0.2, 0.25) is 0 Å². The maximum Gasteiger partial charge on any atom is 0.500 e. The van der Waals surface area contributed by atoms with Crippen LogP contribution in [0.15, 0.2) is 11.2 Å². The largest absolute Gasteiger partial charge is 0.500 e. The highest BCUT2D eigenvalue weighted by Crippen LogP contribution is 2.38. The molecule has 16 heavy (non-hydrogen) atoms. The molecule has 90 valence electrons. The van der Waals surface area contributed by atoms with Crippen molar-refractivity contribution in [1.29, 1.82) is 0 Å². The Balaban J connectivity index is 3.04. The summed E-state index contributed by atoms with van der Waals surface area (Å²) in [7, 11) is -0.660. The predicted octanol–water partition coefficient (Wildman–Crippen LogP) is 1.44. The van der Waals surface area contributed by atoms with Crippen molar-refractivity contribution in [2.45, 2.75) is 52.7 Å². The van der Waals surface area contributed by atoms with Gasteiger partial charge in [0.1, 0.15) is 0 Å². The van der Waals surface area contributed by atoms with E-state index in [1.807, 2.05) is 27.7 Å². The van der Waals surface area contributed by atoms with Gasteiger partial charge in [-0.3, -0.25) is 4.79 Å². The first-order valence-electron chi connectivity index (χ1n) is 5.41. The molecule has 2 N–H and O–H groups in total. The number of hydrogen-bond donors (Lipinski definition) is 1. The molecule has 0 aliphatic carbocycles. The predicted molar refractivity (Wildman–Crippen MR) is 63.7 cm³/mol. The van der Waals surface area contributed by atoms with Crippen molar-refractivity contribution in [3.8, 4) is 0 Å². The lowest BCUT2D eigenvalue weighted by molar-refractivity contribution is -0.113. The third-order valence-corrected chi connectivity index (χ3v) is 3.29. The monoisotopic (exact) mass is 225 g/mol. The van der Waals surface area contributed by atoms with Gasteiger partial charge in [-0.1, -0.05) is 0 Å². The summed E-state index contributed by atoms with van der Waals surface area (Å²) in [6, 6.07) is 0. The Bertz CT molecular complexity index is 327. The first kappa shape index (κ1) is 13.3. The van der Waals surface area contributed by atoms with E-state index in [9.17, 15) is 4.79 Å². The summed E-state index contributed by atoms with van der Waals surface area (Å²) in [6.07, 6.45) is 0. The molecule has 0 unspecified atom stereocenters. The van der Waals surface area contributed by atoms with Gasteiger partial charge in [0.15, 0.2) is 5.78 Å². The van der Waals surface area contributed by atoms with E-state index in [1.165, 1.54) is 6.92 Å². The van der Waals surface area contributed by atoms with Crippen molar-refractivity contribution >= 4 is 12.9 Å². The fraction of sp³-hybridized carbons (Fsp3) is 0.727. The number of Topliss-reactive ketones (excluding diaryl/α,β-unsaturated/α-hetero) is 1. The van der Waals surface area contributed by atoms with E-state index in [1.54, 1.807) is 6.92 Å². The Morgan fingerprint density at radius 1 is 1.06 bits per heavy atom. The second-order valence-corrected chi connectivity index (χ2v) is 5.24. The van der Waals surface area contributed by atoms with Crippen molar-refractivity contribution in [2.75, 3.05) is 0 Å². The van der Waals surface area contributed by atoms with E-state index in [2.05, 4.69) is 0 Å². The minimum atomic E-state index is -0.660.